The van der Waals surface area contributed by atoms with Gasteiger partial charge in [-0.15, -0.1) is 0 Å². The summed E-state index contributed by atoms with van der Waals surface area (Å²) >= 11 is 0. The third-order valence-electron chi connectivity index (χ3n) is 2.67. The van der Waals surface area contributed by atoms with Crippen LogP contribution < -0.4 is 11.5 Å². The lowest BCUT2D eigenvalue weighted by atomic mass is 10.1. The highest BCUT2D eigenvalue weighted by Gasteiger charge is 2.03. The van der Waals surface area contributed by atoms with E-state index in [0.717, 1.165) is 21.8 Å². The van der Waals surface area contributed by atoms with Crippen molar-refractivity contribution in [1.82, 2.24) is 4.98 Å². The van der Waals surface area contributed by atoms with Crippen molar-refractivity contribution in [2.75, 3.05) is 11.5 Å². The summed E-state index contributed by atoms with van der Waals surface area (Å²) in [6.45, 7) is 0. The van der Waals surface area contributed by atoms with E-state index in [4.69, 9.17) is 11.5 Å². The number of rotatable bonds is 0. The Morgan fingerprint density at radius 1 is 0.875 bits per heavy atom. The molecule has 0 aliphatic carbocycles. The van der Waals surface area contributed by atoms with Crippen LogP contribution in [-0.2, 0) is 0 Å². The number of nitrogen functional groups attached to an aromatic ring is 2. The molecule has 0 atom stereocenters. The summed E-state index contributed by atoms with van der Waals surface area (Å²) in [6, 6.07) is 13.7. The zero-order chi connectivity index (χ0) is 11.1. The summed E-state index contributed by atoms with van der Waals surface area (Å²) in [6.07, 6.45) is 0. The number of anilines is 2. The molecule has 3 aromatic rings. The quantitative estimate of drug-likeness (QED) is 0.441. The molecule has 78 valence electrons. The van der Waals surface area contributed by atoms with Crippen LogP contribution in [0.15, 0.2) is 42.5 Å². The molecule has 1 heterocycles. The van der Waals surface area contributed by atoms with Crippen molar-refractivity contribution in [1.29, 1.82) is 0 Å². The monoisotopic (exact) mass is 209 g/mol. The third kappa shape index (κ3) is 1.26. The van der Waals surface area contributed by atoms with Gasteiger partial charge in [-0.2, -0.15) is 0 Å². The highest BCUT2D eigenvalue weighted by Crippen LogP contribution is 2.26. The molecule has 0 radical (unpaired) electrons. The molecule has 2 aromatic carbocycles. The molecule has 0 aliphatic heterocycles. The maximum Gasteiger partial charge on any atom is 0.0940 e. The first-order valence-corrected chi connectivity index (χ1v) is 5.08. The van der Waals surface area contributed by atoms with Crippen LogP contribution in [0.4, 0.5) is 11.4 Å². The van der Waals surface area contributed by atoms with Crippen LogP contribution in [0.5, 0.6) is 0 Å². The smallest absolute Gasteiger partial charge is 0.0940 e. The molecular formula is C13H11N3. The van der Waals surface area contributed by atoms with Gasteiger partial charge < -0.3 is 11.5 Å². The average molecular weight is 209 g/mol. The summed E-state index contributed by atoms with van der Waals surface area (Å²) in [5, 5.41) is 2.08. The average Bonchev–Trinajstić information content (AvgIpc) is 2.27. The number of pyridine rings is 1. The third-order valence-corrected chi connectivity index (χ3v) is 2.67. The Morgan fingerprint density at radius 3 is 2.56 bits per heavy atom. The first kappa shape index (κ1) is 8.97. The lowest BCUT2D eigenvalue weighted by molar-refractivity contribution is 1.50. The Labute approximate surface area is 92.7 Å². The molecular weight excluding hydrogens is 198 g/mol. The van der Waals surface area contributed by atoms with Gasteiger partial charge in [-0.3, -0.25) is 0 Å². The standard InChI is InChI=1S/C13H11N3/c14-10-6-9-5-8-3-1-2-4-12(8)16-13(9)11(15)7-10/h1-7H,14-15H2. The van der Waals surface area contributed by atoms with Crippen LogP contribution in [0.25, 0.3) is 21.8 Å². The Bertz CT molecular complexity index is 689. The molecule has 3 rings (SSSR count). The van der Waals surface area contributed by atoms with E-state index < -0.39 is 0 Å². The van der Waals surface area contributed by atoms with Crippen molar-refractivity contribution >= 4 is 33.2 Å². The van der Waals surface area contributed by atoms with Gasteiger partial charge >= 0.3 is 0 Å². The van der Waals surface area contributed by atoms with Gasteiger partial charge in [-0.25, -0.2) is 4.98 Å². The molecule has 0 saturated heterocycles. The second-order valence-electron chi connectivity index (χ2n) is 3.86. The van der Waals surface area contributed by atoms with E-state index in [0.29, 0.717) is 11.4 Å². The Hall–Kier alpha value is -2.29. The lowest BCUT2D eigenvalue weighted by Crippen LogP contribution is -1.93. The van der Waals surface area contributed by atoms with E-state index in [2.05, 4.69) is 11.1 Å². The highest BCUT2D eigenvalue weighted by atomic mass is 14.7. The minimum absolute atomic E-state index is 0.626. The van der Waals surface area contributed by atoms with Crippen LogP contribution in [0.3, 0.4) is 0 Å². The van der Waals surface area contributed by atoms with Crippen molar-refractivity contribution in [3.05, 3.63) is 42.5 Å². The second-order valence-corrected chi connectivity index (χ2v) is 3.86. The minimum atomic E-state index is 0.626. The topological polar surface area (TPSA) is 64.9 Å². The van der Waals surface area contributed by atoms with Crippen LogP contribution >= 0.6 is 0 Å². The number of hydrogen-bond acceptors (Lipinski definition) is 3. The summed E-state index contributed by atoms with van der Waals surface area (Å²) in [5.74, 6) is 0. The van der Waals surface area contributed by atoms with Crippen molar-refractivity contribution in [2.24, 2.45) is 0 Å². The van der Waals surface area contributed by atoms with E-state index >= 15 is 0 Å². The summed E-state index contributed by atoms with van der Waals surface area (Å²) in [5.41, 5.74) is 14.7. The van der Waals surface area contributed by atoms with Gasteiger partial charge in [-0.1, -0.05) is 18.2 Å². The molecule has 3 nitrogen and oxygen atoms in total. The molecule has 0 aliphatic rings. The van der Waals surface area contributed by atoms with Crippen LogP contribution in [0, 0.1) is 0 Å². The van der Waals surface area contributed by atoms with Crippen LogP contribution in [0.1, 0.15) is 0 Å². The SMILES string of the molecule is Nc1cc(N)c2nc3ccccc3cc2c1. The maximum atomic E-state index is 5.91. The van der Waals surface area contributed by atoms with Crippen molar-refractivity contribution in [3.63, 3.8) is 0 Å². The summed E-state index contributed by atoms with van der Waals surface area (Å²) in [4.78, 5) is 4.54. The molecule has 16 heavy (non-hydrogen) atoms. The Balaban J connectivity index is 2.51. The van der Waals surface area contributed by atoms with Crippen LogP contribution in [0.2, 0.25) is 0 Å². The molecule has 0 fully saturated rings. The predicted octanol–water partition coefficient (Wildman–Crippen LogP) is 2.55. The zero-order valence-electron chi connectivity index (χ0n) is 8.64. The predicted molar refractivity (Wildman–Crippen MR) is 68.1 cm³/mol. The van der Waals surface area contributed by atoms with Gasteiger partial charge in [0.2, 0.25) is 0 Å². The van der Waals surface area contributed by atoms with E-state index in [9.17, 15) is 0 Å². The van der Waals surface area contributed by atoms with E-state index in [1.165, 1.54) is 0 Å². The van der Waals surface area contributed by atoms with Crippen molar-refractivity contribution < 1.29 is 0 Å². The van der Waals surface area contributed by atoms with Gasteiger partial charge in [0, 0.05) is 16.5 Å². The van der Waals surface area contributed by atoms with Gasteiger partial charge in [0.15, 0.2) is 0 Å². The maximum absolute atomic E-state index is 5.91. The van der Waals surface area contributed by atoms with E-state index in [-0.39, 0.29) is 0 Å². The molecule has 3 heteroatoms. The van der Waals surface area contributed by atoms with Crippen LogP contribution in [-0.4, -0.2) is 4.98 Å². The molecule has 1 aromatic heterocycles. The number of hydrogen-bond donors (Lipinski definition) is 2. The summed E-state index contributed by atoms with van der Waals surface area (Å²) < 4.78 is 0. The highest BCUT2D eigenvalue weighted by molar-refractivity contribution is 5.99. The molecule has 0 amide bonds. The van der Waals surface area contributed by atoms with Gasteiger partial charge in [-0.05, 0) is 24.3 Å². The number of nitrogens with zero attached hydrogens (tertiary/aromatic N) is 1. The number of fused-ring (bicyclic) bond motifs is 2. The van der Waals surface area contributed by atoms with Crippen molar-refractivity contribution in [3.8, 4) is 0 Å². The fourth-order valence-corrected chi connectivity index (χ4v) is 1.94. The zero-order valence-corrected chi connectivity index (χ0v) is 8.64. The first-order valence-electron chi connectivity index (χ1n) is 5.08. The fourth-order valence-electron chi connectivity index (χ4n) is 1.94. The van der Waals surface area contributed by atoms with E-state index in [1.807, 2.05) is 30.3 Å². The number of aromatic nitrogens is 1. The Morgan fingerprint density at radius 2 is 1.69 bits per heavy atom. The molecule has 0 unspecified atom stereocenters. The largest absolute Gasteiger partial charge is 0.399 e. The number of para-hydroxylation sites is 1. The number of nitrogens with two attached hydrogens (primary N) is 2. The lowest BCUT2D eigenvalue weighted by Gasteiger charge is -2.05. The fraction of sp³-hybridized carbons (Fsp3) is 0. The van der Waals surface area contributed by atoms with Crippen molar-refractivity contribution in [2.45, 2.75) is 0 Å². The molecule has 0 saturated carbocycles. The molecule has 0 spiro atoms. The minimum Gasteiger partial charge on any atom is -0.399 e. The van der Waals surface area contributed by atoms with E-state index in [1.54, 1.807) is 6.07 Å². The molecule has 4 N–H and O–H groups in total. The normalized spacial score (nSPS) is 11.0. The molecule has 0 bridgehead atoms. The first-order chi connectivity index (χ1) is 7.74. The van der Waals surface area contributed by atoms with Gasteiger partial charge in [0.25, 0.3) is 0 Å². The van der Waals surface area contributed by atoms with Gasteiger partial charge in [0.1, 0.15) is 0 Å². The Kier molecular flexibility index (Phi) is 1.74. The van der Waals surface area contributed by atoms with Gasteiger partial charge in [0.05, 0.1) is 16.7 Å². The number of benzene rings is 2. The second kappa shape index (κ2) is 3.10. The summed E-state index contributed by atoms with van der Waals surface area (Å²) in [7, 11) is 0.